The molecule has 2 aromatic carbocycles. The monoisotopic (exact) mass is 394 g/mol. The van der Waals surface area contributed by atoms with Gasteiger partial charge in [0.05, 0.1) is 18.4 Å². The Kier molecular flexibility index (Phi) is 5.74. The summed E-state index contributed by atoms with van der Waals surface area (Å²) in [4.78, 5) is 11.9. The van der Waals surface area contributed by atoms with Gasteiger partial charge in [-0.3, -0.25) is 4.79 Å². The molecule has 21 heavy (non-hydrogen) atoms. The summed E-state index contributed by atoms with van der Waals surface area (Å²) in [6, 6.07) is 14.9. The van der Waals surface area contributed by atoms with Crippen molar-refractivity contribution >= 4 is 34.7 Å². The van der Waals surface area contributed by atoms with Crippen LogP contribution in [0.25, 0.3) is 0 Å². The Bertz CT molecular complexity index is 639. The Labute approximate surface area is 137 Å². The molecule has 5 heteroatoms. The van der Waals surface area contributed by atoms with Crippen molar-refractivity contribution in [3.63, 3.8) is 0 Å². The molecule has 0 radical (unpaired) electrons. The van der Waals surface area contributed by atoms with Gasteiger partial charge in [0.1, 0.15) is 5.75 Å². The van der Waals surface area contributed by atoms with Gasteiger partial charge in [0, 0.05) is 3.57 Å². The minimum Gasteiger partial charge on any atom is -0.494 e. The summed E-state index contributed by atoms with van der Waals surface area (Å²) < 4.78 is 6.25. The first-order valence-corrected chi connectivity index (χ1v) is 7.59. The molecule has 0 unspecified atom stereocenters. The number of hydrogen-bond donors (Lipinski definition) is 1. The molecule has 0 aliphatic rings. The van der Waals surface area contributed by atoms with E-state index >= 15 is 0 Å². The molecule has 0 aliphatic heterocycles. The molecule has 0 bridgehead atoms. The van der Waals surface area contributed by atoms with Gasteiger partial charge >= 0.3 is 0 Å². The fraction of sp³-hybridized carbons (Fsp3) is 0.125. The summed E-state index contributed by atoms with van der Waals surface area (Å²) >= 11 is 2.12. The predicted octanol–water partition coefficient (Wildman–Crippen LogP) is 3.45. The fourth-order valence-corrected chi connectivity index (χ4v) is 2.32. The van der Waals surface area contributed by atoms with Crippen molar-refractivity contribution in [3.8, 4) is 5.75 Å². The number of carbonyl (C=O) groups excluding carboxylic acids is 1. The lowest BCUT2D eigenvalue weighted by atomic mass is 10.2. The molecule has 2 aromatic rings. The van der Waals surface area contributed by atoms with Crippen molar-refractivity contribution in [2.45, 2.75) is 6.92 Å². The number of nitrogens with one attached hydrogen (secondary N) is 1. The van der Waals surface area contributed by atoms with Crippen molar-refractivity contribution in [2.24, 2.45) is 5.10 Å². The Morgan fingerprint density at radius 1 is 1.24 bits per heavy atom. The highest BCUT2D eigenvalue weighted by molar-refractivity contribution is 14.1. The Balaban J connectivity index is 1.96. The van der Waals surface area contributed by atoms with Gasteiger partial charge in [-0.05, 0) is 71.5 Å². The van der Waals surface area contributed by atoms with Crippen molar-refractivity contribution in [1.82, 2.24) is 5.43 Å². The molecule has 0 heterocycles. The number of hydrogen-bond acceptors (Lipinski definition) is 3. The second-order valence-electron chi connectivity index (χ2n) is 4.18. The van der Waals surface area contributed by atoms with Gasteiger partial charge in [0.2, 0.25) is 0 Å². The van der Waals surface area contributed by atoms with E-state index in [4.69, 9.17) is 4.74 Å². The summed E-state index contributed by atoms with van der Waals surface area (Å²) in [5, 5.41) is 3.97. The predicted molar refractivity (Wildman–Crippen MR) is 91.8 cm³/mol. The van der Waals surface area contributed by atoms with Crippen LogP contribution in [0.3, 0.4) is 0 Å². The van der Waals surface area contributed by atoms with Crippen LogP contribution in [0, 0.1) is 3.57 Å². The van der Waals surface area contributed by atoms with Crippen LogP contribution >= 0.6 is 22.6 Å². The van der Waals surface area contributed by atoms with Crippen molar-refractivity contribution in [1.29, 1.82) is 0 Å². The number of rotatable bonds is 5. The van der Waals surface area contributed by atoms with Crippen LogP contribution in [0.5, 0.6) is 5.75 Å². The highest BCUT2D eigenvalue weighted by atomic mass is 127. The standard InChI is InChI=1S/C16H15IN2O2/c1-2-21-13-9-7-12(8-10-13)11-18-19-16(20)14-5-3-4-6-15(14)17/h3-11H,2H2,1H3,(H,19,20). The maximum Gasteiger partial charge on any atom is 0.272 e. The first kappa shape index (κ1) is 15.5. The van der Waals surface area contributed by atoms with E-state index in [1.54, 1.807) is 12.3 Å². The molecule has 0 saturated carbocycles. The van der Waals surface area contributed by atoms with Gasteiger partial charge in [-0.1, -0.05) is 12.1 Å². The minimum absolute atomic E-state index is 0.220. The summed E-state index contributed by atoms with van der Waals surface area (Å²) in [5.41, 5.74) is 4.03. The van der Waals surface area contributed by atoms with Crippen molar-refractivity contribution in [2.75, 3.05) is 6.61 Å². The number of nitrogens with zero attached hydrogens (tertiary/aromatic N) is 1. The van der Waals surface area contributed by atoms with Crippen LogP contribution in [-0.2, 0) is 0 Å². The van der Waals surface area contributed by atoms with Crippen LogP contribution in [0.1, 0.15) is 22.8 Å². The quantitative estimate of drug-likeness (QED) is 0.480. The van der Waals surface area contributed by atoms with E-state index in [0.717, 1.165) is 14.9 Å². The van der Waals surface area contributed by atoms with E-state index in [9.17, 15) is 4.79 Å². The minimum atomic E-state index is -0.220. The van der Waals surface area contributed by atoms with Crippen molar-refractivity contribution < 1.29 is 9.53 Å². The zero-order valence-electron chi connectivity index (χ0n) is 11.5. The molecule has 2 rings (SSSR count). The Morgan fingerprint density at radius 3 is 2.62 bits per heavy atom. The zero-order chi connectivity index (χ0) is 15.1. The van der Waals surface area contributed by atoms with E-state index < -0.39 is 0 Å². The van der Waals surface area contributed by atoms with Gasteiger partial charge in [0.15, 0.2) is 0 Å². The lowest BCUT2D eigenvalue weighted by molar-refractivity contribution is 0.0954. The average molecular weight is 394 g/mol. The van der Waals surface area contributed by atoms with E-state index in [0.29, 0.717) is 12.2 Å². The first-order chi connectivity index (χ1) is 10.2. The molecule has 1 amide bonds. The summed E-state index contributed by atoms with van der Waals surface area (Å²) in [6.07, 6.45) is 1.60. The molecular weight excluding hydrogens is 379 g/mol. The van der Waals surface area contributed by atoms with Gasteiger partial charge < -0.3 is 4.74 Å². The topological polar surface area (TPSA) is 50.7 Å². The highest BCUT2D eigenvalue weighted by Gasteiger charge is 2.07. The molecule has 1 N–H and O–H groups in total. The lowest BCUT2D eigenvalue weighted by Crippen LogP contribution is -2.18. The average Bonchev–Trinajstić information content (AvgIpc) is 2.49. The number of amides is 1. The number of carbonyl (C=O) groups is 1. The van der Waals surface area contributed by atoms with Crippen LogP contribution < -0.4 is 10.2 Å². The van der Waals surface area contributed by atoms with Gasteiger partial charge in [-0.2, -0.15) is 5.10 Å². The fourth-order valence-electron chi connectivity index (χ4n) is 1.69. The second kappa shape index (κ2) is 7.78. The maximum absolute atomic E-state index is 11.9. The van der Waals surface area contributed by atoms with E-state index in [-0.39, 0.29) is 5.91 Å². The van der Waals surface area contributed by atoms with E-state index in [1.807, 2.05) is 49.4 Å². The third kappa shape index (κ3) is 4.56. The van der Waals surface area contributed by atoms with Gasteiger partial charge in [-0.25, -0.2) is 5.43 Å². The molecule has 108 valence electrons. The SMILES string of the molecule is CCOc1ccc(C=NNC(=O)c2ccccc2I)cc1. The largest absolute Gasteiger partial charge is 0.494 e. The highest BCUT2D eigenvalue weighted by Crippen LogP contribution is 2.12. The zero-order valence-corrected chi connectivity index (χ0v) is 13.7. The Morgan fingerprint density at radius 2 is 1.95 bits per heavy atom. The van der Waals surface area contributed by atoms with Gasteiger partial charge in [-0.15, -0.1) is 0 Å². The third-order valence-corrected chi connectivity index (χ3v) is 3.63. The Hall–Kier alpha value is -1.89. The molecular formula is C16H15IN2O2. The summed E-state index contributed by atoms with van der Waals surface area (Å²) in [6.45, 7) is 2.58. The maximum atomic E-state index is 11.9. The molecule has 0 spiro atoms. The third-order valence-electron chi connectivity index (χ3n) is 2.69. The van der Waals surface area contributed by atoms with Crippen LogP contribution in [0.15, 0.2) is 53.6 Å². The van der Waals surface area contributed by atoms with Crippen LogP contribution in [0.2, 0.25) is 0 Å². The molecule has 0 aromatic heterocycles. The number of ether oxygens (including phenoxy) is 1. The van der Waals surface area contributed by atoms with Crippen LogP contribution in [0.4, 0.5) is 0 Å². The lowest BCUT2D eigenvalue weighted by Gasteiger charge is -2.03. The summed E-state index contributed by atoms with van der Waals surface area (Å²) in [7, 11) is 0. The number of halogens is 1. The van der Waals surface area contributed by atoms with Crippen molar-refractivity contribution in [3.05, 3.63) is 63.2 Å². The first-order valence-electron chi connectivity index (χ1n) is 6.51. The molecule has 0 atom stereocenters. The smallest absolute Gasteiger partial charge is 0.272 e. The van der Waals surface area contributed by atoms with E-state index in [1.165, 1.54) is 0 Å². The molecule has 0 fully saturated rings. The second-order valence-corrected chi connectivity index (χ2v) is 5.34. The molecule has 0 aliphatic carbocycles. The molecule has 4 nitrogen and oxygen atoms in total. The normalized spacial score (nSPS) is 10.6. The van der Waals surface area contributed by atoms with E-state index in [2.05, 4.69) is 33.1 Å². The number of benzene rings is 2. The van der Waals surface area contributed by atoms with Crippen LogP contribution in [-0.4, -0.2) is 18.7 Å². The summed E-state index contributed by atoms with van der Waals surface area (Å²) in [5.74, 6) is 0.597. The number of hydrazone groups is 1. The van der Waals surface area contributed by atoms with Gasteiger partial charge in [0.25, 0.3) is 5.91 Å². The molecule has 0 saturated heterocycles.